The number of benzene rings is 1. The van der Waals surface area contributed by atoms with Crippen molar-refractivity contribution in [3.05, 3.63) is 82.8 Å². The fourth-order valence-electron chi connectivity index (χ4n) is 3.53. The molecule has 0 fully saturated rings. The number of allylic oxidation sites excluding steroid dienone is 3. The highest BCUT2D eigenvalue weighted by Crippen LogP contribution is 2.34. The summed E-state index contributed by atoms with van der Waals surface area (Å²) in [5.41, 5.74) is 4.09. The van der Waals surface area contributed by atoms with Gasteiger partial charge in [0.1, 0.15) is 0 Å². The van der Waals surface area contributed by atoms with Gasteiger partial charge in [-0.15, -0.1) is 0 Å². The fourth-order valence-corrected chi connectivity index (χ4v) is 3.53. The first-order chi connectivity index (χ1) is 11.5. The molecule has 0 unspecified atom stereocenters. The molecular formula is C19H17BF2N2. The van der Waals surface area contributed by atoms with E-state index in [1.807, 2.05) is 55.5 Å². The standard InChI is InChI=1S/C19H17BF2N2/c1-14-12-15(2)23-19(14)13-18-11-10-17(24(18)20(23,21)22)9-8-16-6-4-3-5-7-16/h3-13H,1-2H3/b9-8+. The molecule has 0 N–H and O–H groups in total. The molecule has 0 radical (unpaired) electrons. The second-order valence-electron chi connectivity index (χ2n) is 6.25. The summed E-state index contributed by atoms with van der Waals surface area (Å²) in [5.74, 6) is 0. The van der Waals surface area contributed by atoms with E-state index in [-0.39, 0.29) is 0 Å². The van der Waals surface area contributed by atoms with E-state index in [9.17, 15) is 0 Å². The molecule has 0 saturated carbocycles. The Labute approximate surface area is 139 Å². The molecule has 0 spiro atoms. The summed E-state index contributed by atoms with van der Waals surface area (Å²) < 4.78 is 32.8. The fraction of sp³-hybridized carbons (Fsp3) is 0.105. The third-order valence-electron chi connectivity index (χ3n) is 4.60. The van der Waals surface area contributed by atoms with E-state index in [0.29, 0.717) is 22.8 Å². The lowest BCUT2D eigenvalue weighted by atomic mass is 9.90. The maximum Gasteiger partial charge on any atom is 0.737 e. The summed E-state index contributed by atoms with van der Waals surface area (Å²) in [5, 5.41) is 0. The van der Waals surface area contributed by atoms with Crippen molar-refractivity contribution in [1.82, 2.24) is 4.48 Å². The normalized spacial score (nSPS) is 18.1. The van der Waals surface area contributed by atoms with Gasteiger partial charge < -0.3 is 17.6 Å². The largest absolute Gasteiger partial charge is 0.737 e. The van der Waals surface area contributed by atoms with E-state index < -0.39 is 6.97 Å². The van der Waals surface area contributed by atoms with E-state index in [1.165, 1.54) is 4.48 Å². The molecule has 0 bridgehead atoms. The number of hydrogen-bond acceptors (Lipinski definition) is 0. The molecule has 0 saturated heterocycles. The molecule has 0 aliphatic carbocycles. The van der Waals surface area contributed by atoms with Crippen LogP contribution >= 0.6 is 0 Å². The monoisotopic (exact) mass is 322 g/mol. The van der Waals surface area contributed by atoms with Crippen LogP contribution in [-0.4, -0.2) is 21.6 Å². The predicted octanol–water partition coefficient (Wildman–Crippen LogP) is 4.42. The topological polar surface area (TPSA) is 7.94 Å². The Bertz CT molecular complexity index is 947. The average molecular weight is 322 g/mol. The molecule has 24 heavy (non-hydrogen) atoms. The van der Waals surface area contributed by atoms with Crippen LogP contribution in [0, 0.1) is 13.8 Å². The van der Waals surface area contributed by atoms with Crippen molar-refractivity contribution in [3.8, 4) is 0 Å². The third-order valence-corrected chi connectivity index (χ3v) is 4.60. The van der Waals surface area contributed by atoms with Gasteiger partial charge in [0.15, 0.2) is 11.4 Å². The van der Waals surface area contributed by atoms with Gasteiger partial charge in [0, 0.05) is 30.0 Å². The Hall–Kier alpha value is -2.69. The smallest absolute Gasteiger partial charge is 0.394 e. The number of rotatable bonds is 2. The number of nitrogens with zero attached hydrogens (tertiary/aromatic N) is 2. The highest BCUT2D eigenvalue weighted by Gasteiger charge is 2.52. The zero-order valence-electron chi connectivity index (χ0n) is 13.6. The average Bonchev–Trinajstić information content (AvgIpc) is 3.09. The molecule has 2 aromatic rings. The van der Waals surface area contributed by atoms with Crippen molar-refractivity contribution in [2.75, 3.05) is 0 Å². The summed E-state index contributed by atoms with van der Waals surface area (Å²) in [6, 6.07) is 11.5. The molecule has 120 valence electrons. The number of hydrogen-bond donors (Lipinski definition) is 0. The zero-order valence-corrected chi connectivity index (χ0v) is 13.6. The van der Waals surface area contributed by atoms with E-state index >= 15 is 8.63 Å². The van der Waals surface area contributed by atoms with Crippen LogP contribution in [0.1, 0.15) is 22.5 Å². The van der Waals surface area contributed by atoms with Gasteiger partial charge in [-0.2, -0.15) is 0 Å². The van der Waals surface area contributed by atoms with Crippen LogP contribution in [0.25, 0.3) is 12.2 Å². The van der Waals surface area contributed by atoms with Crippen molar-refractivity contribution in [3.63, 3.8) is 0 Å². The first-order valence-corrected chi connectivity index (χ1v) is 7.98. The minimum Gasteiger partial charge on any atom is -0.394 e. The van der Waals surface area contributed by atoms with Crippen molar-refractivity contribution in [1.29, 1.82) is 0 Å². The van der Waals surface area contributed by atoms with E-state index in [4.69, 9.17) is 0 Å². The number of fused-ring (bicyclic) bond motifs is 2. The molecule has 2 aliphatic rings. The molecule has 2 aliphatic heterocycles. The lowest BCUT2D eigenvalue weighted by molar-refractivity contribution is -0.360. The van der Waals surface area contributed by atoms with Gasteiger partial charge in [0.2, 0.25) is 0 Å². The van der Waals surface area contributed by atoms with Crippen LogP contribution in [0.5, 0.6) is 0 Å². The van der Waals surface area contributed by atoms with Crippen LogP contribution in [0.2, 0.25) is 0 Å². The highest BCUT2D eigenvalue weighted by molar-refractivity contribution is 6.58. The molecule has 2 nitrogen and oxygen atoms in total. The molecule has 1 aromatic carbocycles. The van der Waals surface area contributed by atoms with Gasteiger partial charge in [-0.1, -0.05) is 30.3 Å². The Morgan fingerprint density at radius 3 is 2.54 bits per heavy atom. The molecule has 0 amide bonds. The predicted molar refractivity (Wildman–Crippen MR) is 95.1 cm³/mol. The van der Waals surface area contributed by atoms with Crippen molar-refractivity contribution in [2.24, 2.45) is 0 Å². The van der Waals surface area contributed by atoms with Gasteiger partial charge in [-0.3, -0.25) is 0 Å². The maximum atomic E-state index is 15.2. The summed E-state index contributed by atoms with van der Waals surface area (Å²) in [6.45, 7) is -0.294. The quantitative estimate of drug-likeness (QED) is 0.723. The first-order valence-electron chi connectivity index (χ1n) is 7.98. The van der Waals surface area contributed by atoms with Gasteiger partial charge in [-0.25, -0.2) is 0 Å². The van der Waals surface area contributed by atoms with Crippen LogP contribution < -0.4 is 0 Å². The number of aromatic nitrogens is 1. The van der Waals surface area contributed by atoms with Gasteiger partial charge in [0.05, 0.1) is 0 Å². The second kappa shape index (κ2) is 5.16. The number of aryl methyl sites for hydroxylation is 2. The summed E-state index contributed by atoms with van der Waals surface area (Å²) in [4.78, 5) is 0. The molecule has 5 heteroatoms. The summed E-state index contributed by atoms with van der Waals surface area (Å²) >= 11 is 0. The van der Waals surface area contributed by atoms with Crippen molar-refractivity contribution in [2.45, 2.75) is 13.8 Å². The Kier molecular flexibility index (Phi) is 3.20. The van der Waals surface area contributed by atoms with Crippen LogP contribution in [-0.2, 0) is 0 Å². The molecule has 0 atom stereocenters. The molecule has 4 rings (SSSR count). The Morgan fingerprint density at radius 1 is 1.04 bits per heavy atom. The lowest BCUT2D eigenvalue weighted by Crippen LogP contribution is -2.50. The second-order valence-corrected chi connectivity index (χ2v) is 6.25. The Morgan fingerprint density at radius 2 is 1.79 bits per heavy atom. The molecular weight excluding hydrogens is 305 g/mol. The van der Waals surface area contributed by atoms with Gasteiger partial charge >= 0.3 is 6.97 Å². The number of halogens is 2. The van der Waals surface area contributed by atoms with Gasteiger partial charge in [-0.05, 0) is 42.8 Å². The Balaban J connectivity index is 1.84. The van der Waals surface area contributed by atoms with Crippen LogP contribution in [0.15, 0.2) is 60.3 Å². The van der Waals surface area contributed by atoms with Crippen LogP contribution in [0.4, 0.5) is 8.63 Å². The minimum absolute atomic E-state index is 0.506. The summed E-state index contributed by atoms with van der Waals surface area (Å²) in [6.07, 6.45) is 8.95. The van der Waals surface area contributed by atoms with E-state index in [1.54, 1.807) is 25.2 Å². The first kappa shape index (κ1) is 14.9. The maximum absolute atomic E-state index is 15.2. The van der Waals surface area contributed by atoms with E-state index in [2.05, 4.69) is 0 Å². The lowest BCUT2D eigenvalue weighted by Gasteiger charge is -2.30. The van der Waals surface area contributed by atoms with Crippen molar-refractivity contribution >= 4 is 24.8 Å². The van der Waals surface area contributed by atoms with E-state index in [0.717, 1.165) is 15.6 Å². The highest BCUT2D eigenvalue weighted by atomic mass is 19.2. The van der Waals surface area contributed by atoms with Crippen molar-refractivity contribution < 1.29 is 13.1 Å². The third kappa shape index (κ3) is 2.12. The minimum atomic E-state index is -3.90. The summed E-state index contributed by atoms with van der Waals surface area (Å²) in [7, 11) is 0. The van der Waals surface area contributed by atoms with Gasteiger partial charge in [0.25, 0.3) is 0 Å². The SMILES string of the molecule is Cc1cc(C)n2c1C=C1C=CC(/C=C/c3ccccc3)=[N+]1[B-]2(F)F. The zero-order chi connectivity index (χ0) is 16.9. The van der Waals surface area contributed by atoms with Crippen LogP contribution in [0.3, 0.4) is 0 Å². The molecule has 1 aromatic heterocycles. The molecule has 3 heterocycles.